The second kappa shape index (κ2) is 8.22. The maximum atomic E-state index is 9.49. The number of anilines is 1. The van der Waals surface area contributed by atoms with E-state index >= 15 is 0 Å². The van der Waals surface area contributed by atoms with Gasteiger partial charge in [0.05, 0.1) is 12.8 Å². The molecule has 0 aromatic carbocycles. The van der Waals surface area contributed by atoms with Crippen LogP contribution < -0.4 is 9.64 Å². The number of aliphatic hydroxyl groups is 1. The van der Waals surface area contributed by atoms with Gasteiger partial charge in [0.1, 0.15) is 0 Å². The van der Waals surface area contributed by atoms with Crippen molar-refractivity contribution in [2.75, 3.05) is 38.3 Å². The summed E-state index contributed by atoms with van der Waals surface area (Å²) in [4.78, 5) is 17.9. The quantitative estimate of drug-likeness (QED) is 0.846. The smallest absolute Gasteiger partial charge is 0.257 e. The SMILES string of the molecule is COc1nccnc1N1CCN(Cc2cccc(C)n2)[C@@H](CCO)C1. The Morgan fingerprint density at radius 2 is 2.08 bits per heavy atom. The van der Waals surface area contributed by atoms with E-state index in [2.05, 4.69) is 30.8 Å². The van der Waals surface area contributed by atoms with Gasteiger partial charge in [-0.15, -0.1) is 0 Å². The average Bonchev–Trinajstić information content (AvgIpc) is 2.63. The standard InChI is InChI=1S/C18H25N5O2/c1-14-4-3-5-15(21-14)12-22-9-10-23(13-16(22)6-11-24)17-18(25-2)20-8-7-19-17/h3-5,7-8,16,24H,6,9-13H2,1-2H3/t16-/m0/s1. The number of rotatable bonds is 6. The lowest BCUT2D eigenvalue weighted by atomic mass is 10.1. The van der Waals surface area contributed by atoms with Crippen LogP contribution in [0, 0.1) is 6.92 Å². The van der Waals surface area contributed by atoms with E-state index in [9.17, 15) is 5.11 Å². The molecule has 0 amide bonds. The fourth-order valence-corrected chi connectivity index (χ4v) is 3.29. The molecule has 3 heterocycles. The van der Waals surface area contributed by atoms with Gasteiger partial charge < -0.3 is 14.7 Å². The van der Waals surface area contributed by atoms with Gasteiger partial charge >= 0.3 is 0 Å². The third kappa shape index (κ3) is 4.24. The largest absolute Gasteiger partial charge is 0.478 e. The van der Waals surface area contributed by atoms with Crippen LogP contribution in [0.1, 0.15) is 17.8 Å². The Bertz CT molecular complexity index is 697. The molecule has 0 saturated carbocycles. The minimum absolute atomic E-state index is 0.161. The van der Waals surface area contributed by atoms with Crippen LogP contribution in [0.3, 0.4) is 0 Å². The highest BCUT2D eigenvalue weighted by molar-refractivity contribution is 5.48. The summed E-state index contributed by atoms with van der Waals surface area (Å²) >= 11 is 0. The Hall–Kier alpha value is -2.25. The van der Waals surface area contributed by atoms with Crippen molar-refractivity contribution in [1.82, 2.24) is 19.9 Å². The van der Waals surface area contributed by atoms with E-state index in [0.29, 0.717) is 12.3 Å². The molecule has 7 heteroatoms. The Kier molecular flexibility index (Phi) is 5.78. The number of pyridine rings is 1. The fourth-order valence-electron chi connectivity index (χ4n) is 3.29. The van der Waals surface area contributed by atoms with E-state index in [-0.39, 0.29) is 12.6 Å². The highest BCUT2D eigenvalue weighted by Gasteiger charge is 2.29. The predicted molar refractivity (Wildman–Crippen MR) is 95.7 cm³/mol. The molecule has 134 valence electrons. The molecule has 1 fully saturated rings. The Morgan fingerprint density at radius 3 is 2.84 bits per heavy atom. The van der Waals surface area contributed by atoms with Crippen molar-refractivity contribution in [3.63, 3.8) is 0 Å². The highest BCUT2D eigenvalue weighted by Crippen LogP contribution is 2.26. The second-order valence-corrected chi connectivity index (χ2v) is 6.24. The Balaban J connectivity index is 1.74. The summed E-state index contributed by atoms with van der Waals surface area (Å²) in [5.41, 5.74) is 2.09. The maximum Gasteiger partial charge on any atom is 0.257 e. The normalized spacial score (nSPS) is 18.4. The molecule has 1 N–H and O–H groups in total. The van der Waals surface area contributed by atoms with Crippen LogP contribution in [-0.2, 0) is 6.54 Å². The van der Waals surface area contributed by atoms with Gasteiger partial charge in [0, 0.05) is 56.9 Å². The summed E-state index contributed by atoms with van der Waals surface area (Å²) in [6, 6.07) is 6.33. The first-order valence-electron chi connectivity index (χ1n) is 8.58. The number of hydrogen-bond acceptors (Lipinski definition) is 7. The van der Waals surface area contributed by atoms with Gasteiger partial charge in [-0.1, -0.05) is 6.07 Å². The monoisotopic (exact) mass is 343 g/mol. The van der Waals surface area contributed by atoms with Crippen molar-refractivity contribution in [2.45, 2.75) is 25.9 Å². The number of aliphatic hydroxyl groups excluding tert-OH is 1. The molecule has 2 aromatic rings. The van der Waals surface area contributed by atoms with Gasteiger partial charge in [0.2, 0.25) is 0 Å². The number of methoxy groups -OCH3 is 1. The first kappa shape index (κ1) is 17.6. The average molecular weight is 343 g/mol. The van der Waals surface area contributed by atoms with Crippen molar-refractivity contribution < 1.29 is 9.84 Å². The third-order valence-corrected chi connectivity index (χ3v) is 4.52. The molecule has 7 nitrogen and oxygen atoms in total. The van der Waals surface area contributed by atoms with E-state index in [4.69, 9.17) is 4.74 Å². The molecule has 2 aromatic heterocycles. The van der Waals surface area contributed by atoms with E-state index in [1.54, 1.807) is 19.5 Å². The fraction of sp³-hybridized carbons (Fsp3) is 0.500. The molecule has 3 rings (SSSR count). The number of piperazine rings is 1. The van der Waals surface area contributed by atoms with Crippen LogP contribution in [0.15, 0.2) is 30.6 Å². The molecular weight excluding hydrogens is 318 g/mol. The zero-order valence-corrected chi connectivity index (χ0v) is 14.8. The minimum Gasteiger partial charge on any atom is -0.478 e. The van der Waals surface area contributed by atoms with E-state index in [0.717, 1.165) is 43.4 Å². The van der Waals surface area contributed by atoms with Gasteiger partial charge in [-0.2, -0.15) is 0 Å². The molecule has 1 saturated heterocycles. The summed E-state index contributed by atoms with van der Waals surface area (Å²) < 4.78 is 5.34. The second-order valence-electron chi connectivity index (χ2n) is 6.24. The lowest BCUT2D eigenvalue weighted by Gasteiger charge is -2.41. The topological polar surface area (TPSA) is 74.6 Å². The molecule has 1 aliphatic heterocycles. The van der Waals surface area contributed by atoms with E-state index < -0.39 is 0 Å². The first-order valence-corrected chi connectivity index (χ1v) is 8.58. The molecule has 1 atom stereocenters. The van der Waals surface area contributed by atoms with Crippen molar-refractivity contribution >= 4 is 5.82 Å². The summed E-state index contributed by atoms with van der Waals surface area (Å²) in [6.07, 6.45) is 4.03. The van der Waals surface area contributed by atoms with Gasteiger partial charge in [-0.25, -0.2) is 9.97 Å². The van der Waals surface area contributed by atoms with E-state index in [1.807, 2.05) is 19.1 Å². The van der Waals surface area contributed by atoms with Crippen LogP contribution in [0.25, 0.3) is 0 Å². The van der Waals surface area contributed by atoms with Crippen LogP contribution in [0.2, 0.25) is 0 Å². The summed E-state index contributed by atoms with van der Waals surface area (Å²) in [6.45, 7) is 5.45. The van der Waals surface area contributed by atoms with Crippen molar-refractivity contribution in [3.05, 3.63) is 42.0 Å². The summed E-state index contributed by atoms with van der Waals surface area (Å²) in [5, 5.41) is 9.49. The lowest BCUT2D eigenvalue weighted by Crippen LogP contribution is -2.53. The van der Waals surface area contributed by atoms with Crippen molar-refractivity contribution in [2.24, 2.45) is 0 Å². The van der Waals surface area contributed by atoms with Gasteiger partial charge in [-0.05, 0) is 25.5 Å². The predicted octanol–water partition coefficient (Wildman–Crippen LogP) is 1.26. The summed E-state index contributed by atoms with van der Waals surface area (Å²) in [7, 11) is 1.61. The Labute approximate surface area is 148 Å². The molecule has 0 aliphatic carbocycles. The minimum atomic E-state index is 0.161. The van der Waals surface area contributed by atoms with Crippen LogP contribution in [-0.4, -0.2) is 64.4 Å². The molecule has 1 aliphatic rings. The van der Waals surface area contributed by atoms with Crippen LogP contribution in [0.5, 0.6) is 5.88 Å². The summed E-state index contributed by atoms with van der Waals surface area (Å²) in [5.74, 6) is 1.31. The lowest BCUT2D eigenvalue weighted by molar-refractivity contribution is 0.133. The first-order chi connectivity index (χ1) is 12.2. The Morgan fingerprint density at radius 1 is 1.24 bits per heavy atom. The molecule has 0 radical (unpaired) electrons. The zero-order chi connectivity index (χ0) is 17.6. The van der Waals surface area contributed by atoms with Crippen molar-refractivity contribution in [1.29, 1.82) is 0 Å². The van der Waals surface area contributed by atoms with Crippen molar-refractivity contribution in [3.8, 4) is 5.88 Å². The van der Waals surface area contributed by atoms with E-state index in [1.165, 1.54) is 0 Å². The van der Waals surface area contributed by atoms with Crippen LogP contribution >= 0.6 is 0 Å². The number of aryl methyl sites for hydroxylation is 1. The highest BCUT2D eigenvalue weighted by atomic mass is 16.5. The zero-order valence-electron chi connectivity index (χ0n) is 14.8. The number of ether oxygens (including phenoxy) is 1. The molecular formula is C18H25N5O2. The maximum absolute atomic E-state index is 9.49. The number of hydrogen-bond donors (Lipinski definition) is 1. The number of aromatic nitrogens is 3. The van der Waals surface area contributed by atoms with Gasteiger partial charge in [-0.3, -0.25) is 9.88 Å². The molecule has 0 spiro atoms. The van der Waals surface area contributed by atoms with Crippen LogP contribution in [0.4, 0.5) is 5.82 Å². The number of nitrogens with zero attached hydrogens (tertiary/aromatic N) is 5. The van der Waals surface area contributed by atoms with Gasteiger partial charge in [0.25, 0.3) is 5.88 Å². The molecule has 25 heavy (non-hydrogen) atoms. The molecule has 0 unspecified atom stereocenters. The molecule has 0 bridgehead atoms. The van der Waals surface area contributed by atoms with Gasteiger partial charge in [0.15, 0.2) is 5.82 Å². The third-order valence-electron chi connectivity index (χ3n) is 4.52.